The van der Waals surface area contributed by atoms with Crippen molar-refractivity contribution in [3.63, 3.8) is 0 Å². The molecular formula is C5H6O. The lowest BCUT2D eigenvalue weighted by atomic mass is 10.3. The van der Waals surface area contributed by atoms with Crippen molar-refractivity contribution in [3.8, 4) is 12.3 Å². The summed E-state index contributed by atoms with van der Waals surface area (Å²) < 4.78 is 0. The lowest BCUT2D eigenvalue weighted by Gasteiger charge is -1.72. The van der Waals surface area contributed by atoms with E-state index in [-0.39, 0.29) is 12.2 Å². The van der Waals surface area contributed by atoms with Crippen molar-refractivity contribution in [2.75, 3.05) is 0 Å². The largest absolute Gasteiger partial charge is 0.299 e. The van der Waals surface area contributed by atoms with E-state index in [2.05, 4.69) is 5.92 Å². The van der Waals surface area contributed by atoms with E-state index in [1.54, 1.807) is 0 Å². The average Bonchev–Trinajstić information content (AvgIpc) is 1.35. The lowest BCUT2D eigenvalue weighted by molar-refractivity contribution is -0.116. The predicted molar refractivity (Wildman–Crippen MR) is 24.1 cm³/mol. The number of carbonyl (C=O) groups excluding carboxylic acids is 1. The quantitative estimate of drug-likeness (QED) is 0.423. The first-order valence-corrected chi connectivity index (χ1v) is 1.70. The molecule has 0 aliphatic rings. The van der Waals surface area contributed by atoms with E-state index < -0.39 is 0 Å². The highest BCUT2D eigenvalue weighted by Crippen LogP contribution is 1.72. The second-order valence-electron chi connectivity index (χ2n) is 1.08. The molecule has 0 N–H and O–H groups in total. The molecule has 6 heavy (non-hydrogen) atoms. The summed E-state index contributed by atoms with van der Waals surface area (Å²) in [4.78, 5) is 9.90. The van der Waals surface area contributed by atoms with Crippen molar-refractivity contribution in [1.29, 1.82) is 0 Å². The molecule has 0 aliphatic heterocycles. The third kappa shape index (κ3) is 3.23. The normalized spacial score (nSPS) is 6.67. The van der Waals surface area contributed by atoms with E-state index in [1.165, 1.54) is 6.92 Å². The molecular weight excluding hydrogens is 76.1 g/mol. The fourth-order valence-corrected chi connectivity index (χ4v) is 0.144. The SMILES string of the molecule is C#CCC(C)=O. The van der Waals surface area contributed by atoms with Gasteiger partial charge >= 0.3 is 0 Å². The third-order valence-corrected chi connectivity index (χ3v) is 0.351. The molecule has 0 unspecified atom stereocenters. The van der Waals surface area contributed by atoms with Crippen LogP contribution in [0, 0.1) is 12.3 Å². The molecule has 1 heteroatoms. The minimum absolute atomic E-state index is 0.0532. The number of Topliss-reactive ketones (excluding diaryl/α,β-unsaturated/α-hetero) is 1. The van der Waals surface area contributed by atoms with Gasteiger partial charge in [-0.15, -0.1) is 6.42 Å². The molecule has 1 nitrogen and oxygen atoms in total. The van der Waals surface area contributed by atoms with Gasteiger partial charge in [-0.1, -0.05) is 5.92 Å². The second kappa shape index (κ2) is 2.47. The minimum Gasteiger partial charge on any atom is -0.299 e. The summed E-state index contributed by atoms with van der Waals surface area (Å²) >= 11 is 0. The van der Waals surface area contributed by atoms with Crippen LogP contribution < -0.4 is 0 Å². The first-order valence-electron chi connectivity index (χ1n) is 1.70. The molecule has 32 valence electrons. The van der Waals surface area contributed by atoms with E-state index in [1.807, 2.05) is 0 Å². The number of terminal acetylenes is 1. The fraction of sp³-hybridized carbons (Fsp3) is 0.400. The van der Waals surface area contributed by atoms with E-state index in [0.29, 0.717) is 0 Å². The number of ketones is 1. The Labute approximate surface area is 37.4 Å². The van der Waals surface area contributed by atoms with Gasteiger partial charge in [0.15, 0.2) is 0 Å². The van der Waals surface area contributed by atoms with Gasteiger partial charge in [0.2, 0.25) is 0 Å². The molecule has 0 fully saturated rings. The molecule has 0 aliphatic carbocycles. The Morgan fingerprint density at radius 1 is 2.00 bits per heavy atom. The van der Waals surface area contributed by atoms with Crippen LogP contribution in [0.4, 0.5) is 0 Å². The molecule has 0 spiro atoms. The van der Waals surface area contributed by atoms with Crippen molar-refractivity contribution in [2.24, 2.45) is 0 Å². The highest BCUT2D eigenvalue weighted by molar-refractivity contribution is 5.77. The summed E-state index contributed by atoms with van der Waals surface area (Å²) in [6.07, 6.45) is 5.02. The maximum absolute atomic E-state index is 9.90. The molecule has 0 amide bonds. The van der Waals surface area contributed by atoms with Crippen LogP contribution in [-0.2, 0) is 4.79 Å². The maximum Gasteiger partial charge on any atom is 0.141 e. The van der Waals surface area contributed by atoms with Crippen LogP contribution >= 0.6 is 0 Å². The zero-order chi connectivity index (χ0) is 4.99. The summed E-state index contributed by atoms with van der Waals surface area (Å²) in [5.41, 5.74) is 0. The highest BCUT2D eigenvalue weighted by atomic mass is 16.1. The van der Waals surface area contributed by atoms with Gasteiger partial charge < -0.3 is 0 Å². The van der Waals surface area contributed by atoms with Crippen LogP contribution in [0.25, 0.3) is 0 Å². The molecule has 0 aromatic rings. The first-order chi connectivity index (χ1) is 2.77. The molecule has 0 saturated carbocycles. The van der Waals surface area contributed by atoms with Gasteiger partial charge in [-0.2, -0.15) is 0 Å². The zero-order valence-corrected chi connectivity index (χ0v) is 3.69. The Kier molecular flexibility index (Phi) is 2.15. The van der Waals surface area contributed by atoms with E-state index in [9.17, 15) is 4.79 Å². The summed E-state index contributed by atoms with van der Waals surface area (Å²) in [5.74, 6) is 2.27. The lowest BCUT2D eigenvalue weighted by Crippen LogP contribution is -1.82. The highest BCUT2D eigenvalue weighted by Gasteiger charge is 1.80. The Morgan fingerprint density at radius 3 is 2.50 bits per heavy atom. The van der Waals surface area contributed by atoms with Crippen LogP contribution in [-0.4, -0.2) is 5.78 Å². The predicted octanol–water partition coefficient (Wildman–Crippen LogP) is 0.599. The fourth-order valence-electron chi connectivity index (χ4n) is 0.144. The molecule has 0 bridgehead atoms. The average molecular weight is 82.1 g/mol. The maximum atomic E-state index is 9.90. The van der Waals surface area contributed by atoms with Crippen LogP contribution in [0.1, 0.15) is 13.3 Å². The number of rotatable bonds is 1. The number of hydrogen-bond acceptors (Lipinski definition) is 1. The summed E-state index contributed by atoms with van der Waals surface area (Å²) in [5, 5.41) is 0. The minimum atomic E-state index is 0.0532. The van der Waals surface area contributed by atoms with Crippen molar-refractivity contribution in [1.82, 2.24) is 0 Å². The van der Waals surface area contributed by atoms with Crippen molar-refractivity contribution in [3.05, 3.63) is 0 Å². The Hall–Kier alpha value is -0.770. The van der Waals surface area contributed by atoms with Gasteiger partial charge in [-0.3, -0.25) is 4.79 Å². The molecule has 0 aromatic heterocycles. The zero-order valence-electron chi connectivity index (χ0n) is 3.69. The Morgan fingerprint density at radius 2 is 2.50 bits per heavy atom. The molecule has 0 heterocycles. The topological polar surface area (TPSA) is 17.1 Å². The van der Waals surface area contributed by atoms with E-state index in [4.69, 9.17) is 6.42 Å². The van der Waals surface area contributed by atoms with Crippen molar-refractivity contribution >= 4 is 5.78 Å². The van der Waals surface area contributed by atoms with Gasteiger partial charge in [0, 0.05) is 0 Å². The molecule has 0 aromatic carbocycles. The monoisotopic (exact) mass is 82.0 g/mol. The Bertz CT molecular complexity index is 86.6. The van der Waals surface area contributed by atoms with E-state index >= 15 is 0 Å². The summed E-state index contributed by atoms with van der Waals surface area (Å²) in [7, 11) is 0. The molecule has 0 radical (unpaired) electrons. The van der Waals surface area contributed by atoms with Crippen molar-refractivity contribution in [2.45, 2.75) is 13.3 Å². The van der Waals surface area contributed by atoms with Gasteiger partial charge in [0.05, 0.1) is 6.42 Å². The summed E-state index contributed by atoms with van der Waals surface area (Å²) in [6, 6.07) is 0. The van der Waals surface area contributed by atoms with Crippen LogP contribution in [0.3, 0.4) is 0 Å². The third-order valence-electron chi connectivity index (χ3n) is 0.351. The number of carbonyl (C=O) groups is 1. The summed E-state index contributed by atoms with van der Waals surface area (Å²) in [6.45, 7) is 1.47. The first kappa shape index (κ1) is 5.23. The van der Waals surface area contributed by atoms with Gasteiger partial charge in [0.1, 0.15) is 5.78 Å². The Balaban J connectivity index is 3.13. The molecule has 0 atom stereocenters. The smallest absolute Gasteiger partial charge is 0.141 e. The second-order valence-corrected chi connectivity index (χ2v) is 1.08. The van der Waals surface area contributed by atoms with E-state index in [0.717, 1.165) is 0 Å². The van der Waals surface area contributed by atoms with Gasteiger partial charge in [-0.25, -0.2) is 0 Å². The molecule has 0 rings (SSSR count). The van der Waals surface area contributed by atoms with Crippen LogP contribution in [0.15, 0.2) is 0 Å². The van der Waals surface area contributed by atoms with Crippen LogP contribution in [0.2, 0.25) is 0 Å². The van der Waals surface area contributed by atoms with Gasteiger partial charge in [0.25, 0.3) is 0 Å². The van der Waals surface area contributed by atoms with Crippen molar-refractivity contribution < 1.29 is 4.79 Å². The standard InChI is InChI=1S/C5H6O/c1-3-4-5(2)6/h1H,4H2,2H3. The van der Waals surface area contributed by atoms with Gasteiger partial charge in [-0.05, 0) is 6.92 Å². The van der Waals surface area contributed by atoms with Crippen LogP contribution in [0.5, 0.6) is 0 Å². The number of hydrogen-bond donors (Lipinski definition) is 0. The molecule has 0 saturated heterocycles.